The summed E-state index contributed by atoms with van der Waals surface area (Å²) in [5, 5.41) is 15.0. The van der Waals surface area contributed by atoms with Crippen molar-refractivity contribution in [2.24, 2.45) is 0 Å². The largest absolute Gasteiger partial charge is 0.496 e. The Morgan fingerprint density at radius 2 is 2.30 bits per heavy atom. The van der Waals surface area contributed by atoms with Crippen LogP contribution >= 0.6 is 23.1 Å². The fourth-order valence-corrected chi connectivity index (χ4v) is 4.64. The van der Waals surface area contributed by atoms with E-state index >= 15 is 0 Å². The summed E-state index contributed by atoms with van der Waals surface area (Å²) in [5.41, 5.74) is 0.946. The Balaban J connectivity index is 1.45. The number of thioether (sulfide) groups is 1. The average molecular weight is 409 g/mol. The molecule has 1 saturated heterocycles. The number of para-hydroxylation sites is 1. The van der Waals surface area contributed by atoms with Crippen LogP contribution in [-0.2, 0) is 16.1 Å². The van der Waals surface area contributed by atoms with E-state index in [0.717, 1.165) is 46.8 Å². The molecule has 0 bridgehead atoms. The fourth-order valence-electron chi connectivity index (χ4n) is 2.72. The first-order valence-electron chi connectivity index (χ1n) is 8.91. The highest BCUT2D eigenvalue weighted by atomic mass is 32.2. The van der Waals surface area contributed by atoms with E-state index in [2.05, 4.69) is 20.8 Å². The third kappa shape index (κ3) is 5.82. The molecular formula is C18H24N4O3S2. The zero-order chi connectivity index (χ0) is 19.1. The molecule has 27 heavy (non-hydrogen) atoms. The van der Waals surface area contributed by atoms with Gasteiger partial charge in [0.15, 0.2) is 4.34 Å². The Morgan fingerprint density at radius 1 is 1.44 bits per heavy atom. The van der Waals surface area contributed by atoms with Crippen LogP contribution in [0.5, 0.6) is 5.75 Å². The smallest absolute Gasteiger partial charge is 0.233 e. The van der Waals surface area contributed by atoms with Crippen molar-refractivity contribution in [1.29, 1.82) is 0 Å². The minimum Gasteiger partial charge on any atom is -0.496 e. The molecule has 1 aromatic heterocycles. The lowest BCUT2D eigenvalue weighted by Crippen LogP contribution is -2.30. The second-order valence-electron chi connectivity index (χ2n) is 6.18. The maximum atomic E-state index is 12.4. The first-order valence-corrected chi connectivity index (χ1v) is 10.6. The predicted molar refractivity (Wildman–Crippen MR) is 108 cm³/mol. The van der Waals surface area contributed by atoms with Crippen molar-refractivity contribution >= 4 is 34.1 Å². The maximum Gasteiger partial charge on any atom is 0.233 e. The molecule has 0 radical (unpaired) electrons. The minimum atomic E-state index is -0.265. The van der Waals surface area contributed by atoms with Gasteiger partial charge in [-0.2, -0.15) is 0 Å². The van der Waals surface area contributed by atoms with Crippen LogP contribution in [0.2, 0.25) is 0 Å². The molecule has 146 valence electrons. The van der Waals surface area contributed by atoms with Crippen molar-refractivity contribution in [1.82, 2.24) is 15.5 Å². The molecule has 2 N–H and O–H groups in total. The van der Waals surface area contributed by atoms with E-state index < -0.39 is 0 Å². The van der Waals surface area contributed by atoms with E-state index in [9.17, 15) is 4.79 Å². The first-order chi connectivity index (χ1) is 13.2. The van der Waals surface area contributed by atoms with Crippen LogP contribution in [0, 0.1) is 0 Å². The second-order valence-corrected chi connectivity index (χ2v) is 8.74. The number of carbonyl (C=O) groups excluding carboxylic acids is 1. The third-order valence-electron chi connectivity index (χ3n) is 4.20. The normalized spacial score (nSPS) is 17.5. The molecule has 1 amide bonds. The van der Waals surface area contributed by atoms with Crippen LogP contribution in [-0.4, -0.2) is 47.7 Å². The van der Waals surface area contributed by atoms with Crippen LogP contribution in [0.25, 0.3) is 0 Å². The SMILES string of the molecule is COc1ccccc1CNC(=O)C(C)Sc1nnc(NCC2CCCO2)s1. The van der Waals surface area contributed by atoms with Gasteiger partial charge in [-0.15, -0.1) is 10.2 Å². The van der Waals surface area contributed by atoms with Gasteiger partial charge in [-0.1, -0.05) is 41.3 Å². The van der Waals surface area contributed by atoms with Crippen LogP contribution in [0.3, 0.4) is 0 Å². The van der Waals surface area contributed by atoms with Crippen molar-refractivity contribution in [2.45, 2.75) is 42.0 Å². The number of hydrogen-bond acceptors (Lipinski definition) is 8. The van der Waals surface area contributed by atoms with Gasteiger partial charge in [0, 0.05) is 25.3 Å². The number of hydrogen-bond donors (Lipinski definition) is 2. The summed E-state index contributed by atoms with van der Waals surface area (Å²) in [4.78, 5) is 12.4. The van der Waals surface area contributed by atoms with Crippen molar-refractivity contribution in [3.63, 3.8) is 0 Å². The first kappa shape index (κ1) is 19.9. The van der Waals surface area contributed by atoms with E-state index in [1.165, 1.54) is 23.1 Å². The molecule has 2 heterocycles. The number of aromatic nitrogens is 2. The Hall–Kier alpha value is -1.84. The van der Waals surface area contributed by atoms with Gasteiger partial charge in [0.05, 0.1) is 18.5 Å². The third-order valence-corrected chi connectivity index (χ3v) is 6.27. The Kier molecular flexibility index (Phi) is 7.31. The molecule has 2 unspecified atom stereocenters. The molecule has 1 aliphatic rings. The van der Waals surface area contributed by atoms with Crippen LogP contribution in [0.1, 0.15) is 25.3 Å². The Labute approximate surface area is 167 Å². The average Bonchev–Trinajstić information content (AvgIpc) is 3.36. The number of amides is 1. The number of nitrogens with one attached hydrogen (secondary N) is 2. The van der Waals surface area contributed by atoms with Crippen LogP contribution in [0.15, 0.2) is 28.6 Å². The van der Waals surface area contributed by atoms with E-state index in [0.29, 0.717) is 6.54 Å². The molecule has 7 nitrogen and oxygen atoms in total. The number of ether oxygens (including phenoxy) is 2. The molecule has 9 heteroatoms. The minimum absolute atomic E-state index is 0.0463. The van der Waals surface area contributed by atoms with Crippen molar-refractivity contribution in [3.8, 4) is 5.75 Å². The van der Waals surface area contributed by atoms with E-state index in [-0.39, 0.29) is 17.3 Å². The van der Waals surface area contributed by atoms with Gasteiger partial charge in [0.2, 0.25) is 11.0 Å². The van der Waals surface area contributed by atoms with Gasteiger partial charge in [0.1, 0.15) is 5.75 Å². The summed E-state index contributed by atoms with van der Waals surface area (Å²) in [6, 6.07) is 7.65. The van der Waals surface area contributed by atoms with E-state index in [4.69, 9.17) is 9.47 Å². The number of carbonyl (C=O) groups is 1. The van der Waals surface area contributed by atoms with Gasteiger partial charge in [-0.05, 0) is 25.8 Å². The van der Waals surface area contributed by atoms with Gasteiger partial charge < -0.3 is 20.1 Å². The topological polar surface area (TPSA) is 85.4 Å². The monoisotopic (exact) mass is 408 g/mol. The number of nitrogens with zero attached hydrogens (tertiary/aromatic N) is 2. The summed E-state index contributed by atoms with van der Waals surface area (Å²) in [7, 11) is 1.62. The molecule has 3 rings (SSSR count). The lowest BCUT2D eigenvalue weighted by atomic mass is 10.2. The highest BCUT2D eigenvalue weighted by molar-refractivity contribution is 8.02. The predicted octanol–water partition coefficient (Wildman–Crippen LogP) is 2.93. The zero-order valence-corrected chi connectivity index (χ0v) is 17.1. The number of rotatable bonds is 9. The molecule has 0 spiro atoms. The molecular weight excluding hydrogens is 384 g/mol. The Morgan fingerprint density at radius 3 is 3.07 bits per heavy atom. The van der Waals surface area contributed by atoms with Crippen LogP contribution in [0.4, 0.5) is 5.13 Å². The summed E-state index contributed by atoms with van der Waals surface area (Å²) in [5.74, 6) is 0.721. The molecule has 1 aromatic carbocycles. The van der Waals surface area contributed by atoms with E-state index in [1.54, 1.807) is 7.11 Å². The molecule has 1 aliphatic heterocycles. The summed E-state index contributed by atoms with van der Waals surface area (Å²) in [6.07, 6.45) is 2.45. The molecule has 2 aromatic rings. The number of benzene rings is 1. The number of anilines is 1. The highest BCUT2D eigenvalue weighted by Gasteiger charge is 2.19. The standard InChI is InChI=1S/C18H24N4O3S2/c1-12(16(23)19-10-13-6-3-4-8-15(13)24-2)26-18-22-21-17(27-18)20-11-14-7-5-9-25-14/h3-4,6,8,12,14H,5,7,9-11H2,1-2H3,(H,19,23)(H,20,21). The summed E-state index contributed by atoms with van der Waals surface area (Å²) < 4.78 is 11.7. The molecule has 1 fully saturated rings. The molecule has 2 atom stereocenters. The van der Waals surface area contributed by atoms with Gasteiger partial charge in [0.25, 0.3) is 0 Å². The maximum absolute atomic E-state index is 12.4. The zero-order valence-electron chi connectivity index (χ0n) is 15.4. The molecule has 0 saturated carbocycles. The Bertz CT molecular complexity index is 750. The van der Waals surface area contributed by atoms with Gasteiger partial charge in [-0.3, -0.25) is 4.79 Å². The summed E-state index contributed by atoms with van der Waals surface area (Å²) >= 11 is 2.86. The number of methoxy groups -OCH3 is 1. The van der Waals surface area contributed by atoms with Gasteiger partial charge in [-0.25, -0.2) is 0 Å². The quantitative estimate of drug-likeness (QED) is 0.617. The van der Waals surface area contributed by atoms with Gasteiger partial charge >= 0.3 is 0 Å². The van der Waals surface area contributed by atoms with E-state index in [1.807, 2.05) is 31.2 Å². The lowest BCUT2D eigenvalue weighted by Gasteiger charge is -2.12. The highest BCUT2D eigenvalue weighted by Crippen LogP contribution is 2.29. The summed E-state index contributed by atoms with van der Waals surface area (Å²) in [6.45, 7) is 3.88. The lowest BCUT2D eigenvalue weighted by molar-refractivity contribution is -0.120. The van der Waals surface area contributed by atoms with Crippen LogP contribution < -0.4 is 15.4 Å². The van der Waals surface area contributed by atoms with Crippen molar-refractivity contribution in [2.75, 3.05) is 25.6 Å². The van der Waals surface area contributed by atoms with Crippen molar-refractivity contribution < 1.29 is 14.3 Å². The van der Waals surface area contributed by atoms with Crippen molar-refractivity contribution in [3.05, 3.63) is 29.8 Å². The molecule has 0 aliphatic carbocycles. The fraction of sp³-hybridized carbons (Fsp3) is 0.500. The second kappa shape index (κ2) is 9.91.